The Bertz CT molecular complexity index is 272. The Morgan fingerprint density at radius 1 is 1.20 bits per heavy atom. The van der Waals surface area contributed by atoms with Gasteiger partial charge in [-0.3, -0.25) is 4.98 Å². The smallest absolute Gasteiger partial charge is 0.141 e. The van der Waals surface area contributed by atoms with Gasteiger partial charge in [-0.1, -0.05) is 41.5 Å². The summed E-state index contributed by atoms with van der Waals surface area (Å²) in [5.74, 6) is 0.0676. The Morgan fingerprint density at radius 3 is 2.07 bits per heavy atom. The number of hydrogen-bond donors (Lipinski definition) is 0. The molecule has 0 aromatic carbocycles. The van der Waals surface area contributed by atoms with Gasteiger partial charge in [-0.05, 0) is 17.5 Å². The minimum atomic E-state index is -0.273. The summed E-state index contributed by atoms with van der Waals surface area (Å²) in [6.07, 6.45) is 1.28. The first-order chi connectivity index (χ1) is 6.91. The summed E-state index contributed by atoms with van der Waals surface area (Å²) in [4.78, 5) is 4.07. The van der Waals surface area contributed by atoms with E-state index < -0.39 is 0 Å². The number of rotatable bonds is 1. The molecule has 0 aliphatic heterocycles. The molecule has 1 nitrogen and oxygen atoms in total. The second-order valence-electron chi connectivity index (χ2n) is 4.49. The molecule has 0 aliphatic rings. The first kappa shape index (κ1) is 14.1. The maximum absolute atomic E-state index is 12.6. The van der Waals surface area contributed by atoms with Crippen molar-refractivity contribution in [3.63, 3.8) is 0 Å². The molecule has 1 heterocycles. The molecule has 86 valence electrons. The lowest BCUT2D eigenvalue weighted by Gasteiger charge is -2.26. The Morgan fingerprint density at radius 2 is 1.73 bits per heavy atom. The second kappa shape index (κ2) is 5.84. The Balaban J connectivity index is 0.000000921. The summed E-state index contributed by atoms with van der Waals surface area (Å²) in [5.41, 5.74) is 1.12. The molecule has 2 heteroatoms. The van der Waals surface area contributed by atoms with Crippen LogP contribution in [0.25, 0.3) is 0 Å². The lowest BCUT2D eigenvalue weighted by Crippen LogP contribution is -2.16. The van der Waals surface area contributed by atoms with Crippen molar-refractivity contribution in [1.82, 2.24) is 4.98 Å². The third kappa shape index (κ3) is 4.41. The number of pyridine rings is 1. The van der Waals surface area contributed by atoms with Crippen LogP contribution in [0.1, 0.15) is 53.2 Å². The predicted octanol–water partition coefficient (Wildman–Crippen LogP) is 4.40. The van der Waals surface area contributed by atoms with Gasteiger partial charge in [0.1, 0.15) is 5.82 Å². The maximum atomic E-state index is 12.6. The SMILES string of the molecule is CC.CC(c1ccc(F)cn1)C(C)(C)C. The van der Waals surface area contributed by atoms with E-state index in [9.17, 15) is 4.39 Å². The van der Waals surface area contributed by atoms with E-state index in [4.69, 9.17) is 0 Å². The normalized spacial score (nSPS) is 12.7. The summed E-state index contributed by atoms with van der Waals surface area (Å²) in [6, 6.07) is 3.22. The van der Waals surface area contributed by atoms with Crippen LogP contribution in [-0.4, -0.2) is 4.98 Å². The number of aromatic nitrogens is 1. The Labute approximate surface area is 92.7 Å². The van der Waals surface area contributed by atoms with Gasteiger partial charge in [0, 0.05) is 11.6 Å². The molecule has 0 amide bonds. The first-order valence-corrected chi connectivity index (χ1v) is 5.52. The van der Waals surface area contributed by atoms with E-state index in [1.807, 2.05) is 13.8 Å². The van der Waals surface area contributed by atoms with Crippen LogP contribution in [0, 0.1) is 11.2 Å². The molecule has 0 fully saturated rings. The molecule has 0 bridgehead atoms. The molecule has 0 radical (unpaired) electrons. The zero-order valence-electron chi connectivity index (χ0n) is 10.6. The number of nitrogens with zero attached hydrogens (tertiary/aromatic N) is 1. The number of hydrogen-bond acceptors (Lipinski definition) is 1. The van der Waals surface area contributed by atoms with Gasteiger partial charge < -0.3 is 0 Å². The van der Waals surface area contributed by atoms with Crippen LogP contribution < -0.4 is 0 Å². The van der Waals surface area contributed by atoms with Gasteiger partial charge in [0.15, 0.2) is 0 Å². The topological polar surface area (TPSA) is 12.9 Å². The highest BCUT2D eigenvalue weighted by atomic mass is 19.1. The third-order valence-corrected chi connectivity index (χ3v) is 2.49. The van der Waals surface area contributed by atoms with Crippen LogP contribution in [0.4, 0.5) is 4.39 Å². The molecule has 1 rings (SSSR count). The molecular formula is C13H22FN. The molecule has 0 saturated heterocycles. The summed E-state index contributed by atoms with van der Waals surface area (Å²) >= 11 is 0. The largest absolute Gasteiger partial charge is 0.258 e. The van der Waals surface area contributed by atoms with Crippen molar-refractivity contribution >= 4 is 0 Å². The van der Waals surface area contributed by atoms with E-state index in [1.165, 1.54) is 12.3 Å². The minimum Gasteiger partial charge on any atom is -0.258 e. The molecule has 15 heavy (non-hydrogen) atoms. The summed E-state index contributed by atoms with van der Waals surface area (Å²) in [7, 11) is 0. The Kier molecular flexibility index (Phi) is 5.48. The van der Waals surface area contributed by atoms with Crippen LogP contribution >= 0.6 is 0 Å². The maximum Gasteiger partial charge on any atom is 0.141 e. The van der Waals surface area contributed by atoms with Crippen molar-refractivity contribution in [3.05, 3.63) is 29.8 Å². The summed E-state index contributed by atoms with van der Waals surface area (Å²) in [5, 5.41) is 0. The van der Waals surface area contributed by atoms with E-state index in [-0.39, 0.29) is 11.2 Å². The highest BCUT2D eigenvalue weighted by Crippen LogP contribution is 2.32. The summed E-state index contributed by atoms with van der Waals surface area (Å²) in [6.45, 7) is 12.6. The van der Waals surface area contributed by atoms with E-state index in [0.29, 0.717) is 5.92 Å². The zero-order valence-corrected chi connectivity index (χ0v) is 10.6. The quantitative estimate of drug-likeness (QED) is 0.671. The predicted molar refractivity (Wildman–Crippen MR) is 63.4 cm³/mol. The van der Waals surface area contributed by atoms with Gasteiger partial charge >= 0.3 is 0 Å². The Hall–Kier alpha value is -0.920. The van der Waals surface area contributed by atoms with Gasteiger partial charge in [-0.15, -0.1) is 0 Å². The van der Waals surface area contributed by atoms with E-state index in [0.717, 1.165) is 5.69 Å². The molecule has 0 aliphatic carbocycles. The highest BCUT2D eigenvalue weighted by Gasteiger charge is 2.22. The van der Waals surface area contributed by atoms with Gasteiger partial charge in [-0.2, -0.15) is 0 Å². The molecule has 0 N–H and O–H groups in total. The van der Waals surface area contributed by atoms with Gasteiger partial charge in [-0.25, -0.2) is 4.39 Å². The summed E-state index contributed by atoms with van der Waals surface area (Å²) < 4.78 is 12.6. The van der Waals surface area contributed by atoms with Crippen molar-refractivity contribution in [1.29, 1.82) is 0 Å². The second-order valence-corrected chi connectivity index (χ2v) is 4.49. The van der Waals surface area contributed by atoms with Gasteiger partial charge in [0.05, 0.1) is 6.20 Å². The average Bonchev–Trinajstić information content (AvgIpc) is 2.20. The molecular weight excluding hydrogens is 189 g/mol. The lowest BCUT2D eigenvalue weighted by atomic mass is 9.80. The van der Waals surface area contributed by atoms with Crippen molar-refractivity contribution in [2.75, 3.05) is 0 Å². The fourth-order valence-corrected chi connectivity index (χ4v) is 1.09. The van der Waals surface area contributed by atoms with E-state index in [1.54, 1.807) is 6.07 Å². The van der Waals surface area contributed by atoms with E-state index >= 15 is 0 Å². The van der Waals surface area contributed by atoms with Crippen molar-refractivity contribution in [2.45, 2.75) is 47.5 Å². The van der Waals surface area contributed by atoms with Crippen molar-refractivity contribution < 1.29 is 4.39 Å². The van der Waals surface area contributed by atoms with Gasteiger partial charge in [0.25, 0.3) is 0 Å². The van der Waals surface area contributed by atoms with Crippen LogP contribution in [0.2, 0.25) is 0 Å². The fourth-order valence-electron chi connectivity index (χ4n) is 1.09. The molecule has 1 atom stereocenters. The number of halogens is 1. The van der Waals surface area contributed by atoms with Crippen LogP contribution in [0.5, 0.6) is 0 Å². The fraction of sp³-hybridized carbons (Fsp3) is 0.615. The minimum absolute atomic E-state index is 0.171. The molecule has 1 aromatic rings. The molecule has 0 spiro atoms. The monoisotopic (exact) mass is 211 g/mol. The molecule has 1 unspecified atom stereocenters. The van der Waals surface area contributed by atoms with E-state index in [2.05, 4.69) is 32.7 Å². The standard InChI is InChI=1S/C11H16FN.C2H6/c1-8(11(2,3)4)10-6-5-9(12)7-13-10;1-2/h5-8H,1-4H3;1-2H3. The van der Waals surface area contributed by atoms with Gasteiger partial charge in [0.2, 0.25) is 0 Å². The van der Waals surface area contributed by atoms with Crippen LogP contribution in [-0.2, 0) is 0 Å². The van der Waals surface area contributed by atoms with Crippen LogP contribution in [0.3, 0.4) is 0 Å². The molecule has 0 saturated carbocycles. The molecule has 1 aromatic heterocycles. The zero-order chi connectivity index (χ0) is 12.1. The van der Waals surface area contributed by atoms with Crippen molar-refractivity contribution in [2.24, 2.45) is 5.41 Å². The highest BCUT2D eigenvalue weighted by molar-refractivity contribution is 5.11. The average molecular weight is 211 g/mol. The third-order valence-electron chi connectivity index (χ3n) is 2.49. The van der Waals surface area contributed by atoms with Crippen LogP contribution in [0.15, 0.2) is 18.3 Å². The first-order valence-electron chi connectivity index (χ1n) is 5.52. The lowest BCUT2D eigenvalue weighted by molar-refractivity contribution is 0.333. The van der Waals surface area contributed by atoms with Crippen molar-refractivity contribution in [3.8, 4) is 0 Å².